The molecule has 0 saturated carbocycles. The van der Waals surface area contributed by atoms with Crippen molar-refractivity contribution in [2.75, 3.05) is 7.11 Å². The van der Waals surface area contributed by atoms with Crippen molar-refractivity contribution in [3.63, 3.8) is 0 Å². The number of ether oxygens (including phenoxy) is 1. The summed E-state index contributed by atoms with van der Waals surface area (Å²) in [6.07, 6.45) is 0. The fraction of sp³-hybridized carbons (Fsp3) is 0.273. The number of hydrogen-bond donors (Lipinski definition) is 0. The number of methoxy groups -OCH3 is 1. The number of alkyl halides is 1. The third kappa shape index (κ3) is 2.80. The zero-order chi connectivity index (χ0) is 11.4. The van der Waals surface area contributed by atoms with Gasteiger partial charge in [0.15, 0.2) is 0 Å². The molecule has 0 unspecified atom stereocenters. The zero-order valence-electron chi connectivity index (χ0n) is 8.49. The molecule has 0 aliphatic heterocycles. The van der Waals surface area contributed by atoms with Crippen LogP contribution in [0.3, 0.4) is 0 Å². The first kappa shape index (κ1) is 11.7. The summed E-state index contributed by atoms with van der Waals surface area (Å²) in [7, 11) is 1.15. The number of aryl methyl sites for hydroxylation is 1. The van der Waals surface area contributed by atoms with E-state index in [0.717, 1.165) is 12.7 Å². The monoisotopic (exact) mass is 226 g/mol. The predicted octanol–water partition coefficient (Wildman–Crippen LogP) is 2.02. The van der Waals surface area contributed by atoms with Crippen LogP contribution >= 0.6 is 11.6 Å². The normalized spacial score (nSPS) is 11.9. The van der Waals surface area contributed by atoms with Crippen LogP contribution in [-0.2, 0) is 14.3 Å². The number of esters is 1. The number of hydrogen-bond acceptors (Lipinski definition) is 3. The number of carbonyl (C=O) groups excluding carboxylic acids is 2. The van der Waals surface area contributed by atoms with Crippen molar-refractivity contribution in [2.45, 2.75) is 12.3 Å². The molecule has 0 heterocycles. The van der Waals surface area contributed by atoms with Gasteiger partial charge in [-0.3, -0.25) is 4.79 Å². The number of ketones is 1. The van der Waals surface area contributed by atoms with Crippen molar-refractivity contribution in [2.24, 2.45) is 0 Å². The molecule has 0 bridgehead atoms. The van der Waals surface area contributed by atoms with Crippen LogP contribution in [0.4, 0.5) is 0 Å². The maximum atomic E-state index is 11.4. The fourth-order valence-electron chi connectivity index (χ4n) is 1.09. The molecule has 0 fully saturated rings. The Morgan fingerprint density at radius 2 is 1.80 bits per heavy atom. The lowest BCUT2D eigenvalue weighted by atomic mass is 10.1. The molecule has 0 aliphatic rings. The molecule has 0 amide bonds. The quantitative estimate of drug-likeness (QED) is 0.450. The molecule has 0 aliphatic carbocycles. The van der Waals surface area contributed by atoms with Crippen LogP contribution in [0.5, 0.6) is 0 Å². The molecule has 0 spiro atoms. The van der Waals surface area contributed by atoms with Crippen molar-refractivity contribution in [3.05, 3.63) is 35.4 Å². The molecule has 0 aromatic heterocycles. The Hall–Kier alpha value is -1.35. The van der Waals surface area contributed by atoms with Crippen LogP contribution < -0.4 is 0 Å². The minimum absolute atomic E-state index is 0.595. The maximum absolute atomic E-state index is 11.4. The molecule has 15 heavy (non-hydrogen) atoms. The number of Topliss-reactive ketones (excluding diaryl/α,β-unsaturated/α-hetero) is 1. The first-order chi connectivity index (χ1) is 7.06. The van der Waals surface area contributed by atoms with Gasteiger partial charge in [-0.15, -0.1) is 11.6 Å². The van der Waals surface area contributed by atoms with Crippen LogP contribution in [0.1, 0.15) is 16.5 Å². The SMILES string of the molecule is COC(=O)C(=O)[C@H](Cl)c1ccc(C)cc1. The van der Waals surface area contributed by atoms with Crippen molar-refractivity contribution >= 4 is 23.4 Å². The van der Waals surface area contributed by atoms with E-state index in [1.54, 1.807) is 12.1 Å². The number of benzene rings is 1. The number of carbonyl (C=O) groups is 2. The number of rotatable bonds is 3. The second-order valence-corrected chi connectivity index (χ2v) is 3.57. The van der Waals surface area contributed by atoms with E-state index >= 15 is 0 Å². The smallest absolute Gasteiger partial charge is 0.376 e. The van der Waals surface area contributed by atoms with Crippen LogP contribution in [0.25, 0.3) is 0 Å². The van der Waals surface area contributed by atoms with Gasteiger partial charge in [-0.05, 0) is 12.5 Å². The Morgan fingerprint density at radius 1 is 1.27 bits per heavy atom. The van der Waals surface area contributed by atoms with Crippen LogP contribution in [0, 0.1) is 6.92 Å². The zero-order valence-corrected chi connectivity index (χ0v) is 9.25. The molecule has 0 radical (unpaired) electrons. The highest BCUT2D eigenvalue weighted by atomic mass is 35.5. The number of halogens is 1. The van der Waals surface area contributed by atoms with E-state index < -0.39 is 17.1 Å². The summed E-state index contributed by atoms with van der Waals surface area (Å²) in [6.45, 7) is 1.93. The fourth-order valence-corrected chi connectivity index (χ4v) is 1.33. The molecule has 1 atom stereocenters. The minimum atomic E-state index is -0.974. The predicted molar refractivity (Wildman–Crippen MR) is 56.8 cm³/mol. The van der Waals surface area contributed by atoms with E-state index in [-0.39, 0.29) is 0 Å². The molecule has 0 N–H and O–H groups in total. The van der Waals surface area contributed by atoms with E-state index in [1.165, 1.54) is 0 Å². The lowest BCUT2D eigenvalue weighted by Gasteiger charge is -2.07. The van der Waals surface area contributed by atoms with Gasteiger partial charge in [-0.2, -0.15) is 0 Å². The van der Waals surface area contributed by atoms with E-state index in [2.05, 4.69) is 4.74 Å². The summed E-state index contributed by atoms with van der Waals surface area (Å²) in [5.41, 5.74) is 1.66. The Bertz CT molecular complexity index is 370. The van der Waals surface area contributed by atoms with Crippen molar-refractivity contribution in [1.29, 1.82) is 0 Å². The molecule has 80 valence electrons. The van der Waals surface area contributed by atoms with Crippen molar-refractivity contribution in [1.82, 2.24) is 0 Å². The Morgan fingerprint density at radius 3 is 2.27 bits per heavy atom. The molecule has 1 aromatic carbocycles. The van der Waals surface area contributed by atoms with Crippen molar-refractivity contribution in [3.8, 4) is 0 Å². The van der Waals surface area contributed by atoms with Gasteiger partial charge >= 0.3 is 5.97 Å². The topological polar surface area (TPSA) is 43.4 Å². The van der Waals surface area contributed by atoms with Gasteiger partial charge in [0.1, 0.15) is 5.38 Å². The second kappa shape index (κ2) is 4.94. The summed E-state index contributed by atoms with van der Waals surface area (Å²) in [6, 6.07) is 7.09. The molecule has 4 heteroatoms. The third-order valence-corrected chi connectivity index (χ3v) is 2.44. The van der Waals surface area contributed by atoms with Gasteiger partial charge < -0.3 is 4.74 Å². The third-order valence-electron chi connectivity index (χ3n) is 1.99. The van der Waals surface area contributed by atoms with Gasteiger partial charge in [-0.1, -0.05) is 29.8 Å². The average molecular weight is 227 g/mol. The van der Waals surface area contributed by atoms with E-state index in [4.69, 9.17) is 11.6 Å². The highest BCUT2D eigenvalue weighted by molar-refractivity contribution is 6.47. The van der Waals surface area contributed by atoms with Gasteiger partial charge in [0, 0.05) is 0 Å². The summed E-state index contributed by atoms with van der Waals surface area (Å²) < 4.78 is 4.31. The van der Waals surface area contributed by atoms with E-state index in [9.17, 15) is 9.59 Å². The lowest BCUT2D eigenvalue weighted by molar-refractivity contribution is -0.151. The summed E-state index contributed by atoms with van der Waals surface area (Å²) in [5, 5.41) is -0.974. The first-order valence-electron chi connectivity index (χ1n) is 4.39. The van der Waals surface area contributed by atoms with Gasteiger partial charge in [0.05, 0.1) is 7.11 Å². The van der Waals surface area contributed by atoms with Crippen LogP contribution in [-0.4, -0.2) is 18.9 Å². The second-order valence-electron chi connectivity index (χ2n) is 3.13. The summed E-state index contributed by atoms with van der Waals surface area (Å²) in [5.74, 6) is -1.67. The molecule has 1 rings (SSSR count). The lowest BCUT2D eigenvalue weighted by Crippen LogP contribution is -2.20. The highest BCUT2D eigenvalue weighted by Crippen LogP contribution is 2.22. The minimum Gasteiger partial charge on any atom is -0.463 e. The van der Waals surface area contributed by atoms with Gasteiger partial charge in [-0.25, -0.2) is 4.79 Å². The van der Waals surface area contributed by atoms with Gasteiger partial charge in [0.2, 0.25) is 0 Å². The van der Waals surface area contributed by atoms with Gasteiger partial charge in [0.25, 0.3) is 5.78 Å². The standard InChI is InChI=1S/C11H11ClO3/c1-7-3-5-8(6-4-7)9(12)10(13)11(14)15-2/h3-6,9H,1-2H3/t9-/m1/s1. The van der Waals surface area contributed by atoms with Crippen molar-refractivity contribution < 1.29 is 14.3 Å². The summed E-state index contributed by atoms with van der Waals surface area (Å²) in [4.78, 5) is 22.3. The largest absolute Gasteiger partial charge is 0.463 e. The molecule has 1 aromatic rings. The summed E-state index contributed by atoms with van der Waals surface area (Å²) >= 11 is 5.83. The molecule has 3 nitrogen and oxygen atoms in total. The molecular weight excluding hydrogens is 216 g/mol. The molecular formula is C11H11ClO3. The molecule has 0 saturated heterocycles. The average Bonchev–Trinajstić information content (AvgIpc) is 2.27. The van der Waals surface area contributed by atoms with E-state index in [1.807, 2.05) is 19.1 Å². The highest BCUT2D eigenvalue weighted by Gasteiger charge is 2.25. The van der Waals surface area contributed by atoms with E-state index in [0.29, 0.717) is 5.56 Å². The maximum Gasteiger partial charge on any atom is 0.376 e. The first-order valence-corrected chi connectivity index (χ1v) is 4.82. The van der Waals surface area contributed by atoms with Crippen LogP contribution in [0.2, 0.25) is 0 Å². The Balaban J connectivity index is 2.85. The Kier molecular flexibility index (Phi) is 3.86. The van der Waals surface area contributed by atoms with Crippen LogP contribution in [0.15, 0.2) is 24.3 Å². The Labute approximate surface area is 93.0 Å².